The highest BCUT2D eigenvalue weighted by atomic mass is 35.5. The first kappa shape index (κ1) is 12.6. The smallest absolute Gasteiger partial charge is 0.347 e. The number of hydrogen-bond acceptors (Lipinski definition) is 1. The molecule has 0 amide bonds. The Bertz CT molecular complexity index is 352. The van der Waals surface area contributed by atoms with Crippen molar-refractivity contribution in [1.29, 1.82) is 0 Å². The number of aliphatic hydroxyl groups is 1. The summed E-state index contributed by atoms with van der Waals surface area (Å²) >= 11 is 10.00. The van der Waals surface area contributed by atoms with Crippen molar-refractivity contribution in [3.8, 4) is 0 Å². The highest BCUT2D eigenvalue weighted by Crippen LogP contribution is 2.26. The van der Waals surface area contributed by atoms with E-state index in [2.05, 4.69) is 11.6 Å². The normalized spacial score (nSPS) is 14.0. The van der Waals surface area contributed by atoms with E-state index in [1.54, 1.807) is 0 Å². The molecule has 1 rings (SSSR count). The maximum absolute atomic E-state index is 12.9. The van der Waals surface area contributed by atoms with Crippen molar-refractivity contribution in [3.05, 3.63) is 34.6 Å². The molecule has 0 aliphatic carbocycles. The summed E-state index contributed by atoms with van der Waals surface area (Å²) in [7, 11) is 0. The molecule has 0 aromatic heterocycles. The topological polar surface area (TPSA) is 20.2 Å². The molecule has 0 heterocycles. The summed E-state index contributed by atoms with van der Waals surface area (Å²) in [5, 5.41) is 5.13. The fourth-order valence-corrected chi connectivity index (χ4v) is 1.20. The van der Waals surface area contributed by atoms with Gasteiger partial charge in [0.1, 0.15) is 11.9 Å². The number of benzene rings is 1. The number of alkyl halides is 3. The van der Waals surface area contributed by atoms with Crippen LogP contribution in [0.15, 0.2) is 18.2 Å². The van der Waals surface area contributed by atoms with E-state index in [9.17, 15) is 13.2 Å². The van der Waals surface area contributed by atoms with Crippen molar-refractivity contribution in [1.82, 2.24) is 0 Å². The molecule has 0 fully saturated rings. The van der Waals surface area contributed by atoms with Gasteiger partial charge in [-0.3, -0.25) is 0 Å². The van der Waals surface area contributed by atoms with Crippen LogP contribution in [0.25, 0.3) is 0 Å². The van der Waals surface area contributed by atoms with Crippen LogP contribution >= 0.6 is 23.2 Å². The van der Waals surface area contributed by atoms with Gasteiger partial charge in [0, 0.05) is 6.42 Å². The highest BCUT2D eigenvalue weighted by Gasteiger charge is 2.35. The summed E-state index contributed by atoms with van der Waals surface area (Å²) in [4.78, 5) is 0. The van der Waals surface area contributed by atoms with E-state index >= 15 is 0 Å². The minimum Gasteiger partial charge on any atom is -0.385 e. The van der Waals surface area contributed by atoms with Crippen LogP contribution in [-0.2, 0) is 6.42 Å². The molecule has 6 heteroatoms. The Hall–Kier alpha value is -0.450. The minimum atomic E-state index is -3.73. The third-order valence-corrected chi connectivity index (χ3v) is 2.35. The van der Waals surface area contributed by atoms with Crippen molar-refractivity contribution in [2.24, 2.45) is 0 Å². The minimum absolute atomic E-state index is 0.106. The van der Waals surface area contributed by atoms with Crippen molar-refractivity contribution in [2.45, 2.75) is 17.9 Å². The van der Waals surface area contributed by atoms with E-state index in [4.69, 9.17) is 16.7 Å². The van der Waals surface area contributed by atoms with Gasteiger partial charge >= 0.3 is 5.38 Å². The number of hydrogen-bond donors (Lipinski definition) is 1. The largest absolute Gasteiger partial charge is 0.385 e. The standard InChI is InChI=1S/C9H7Cl2F3O/c10-6-2-1-5(3-7(6)12)4-8(15)9(11,13)14/h1-3,8,15H,4H2. The number of rotatable bonds is 3. The molecule has 1 aromatic carbocycles. The first-order valence-corrected chi connectivity index (χ1v) is 4.75. The lowest BCUT2D eigenvalue weighted by Crippen LogP contribution is -2.29. The number of aliphatic hydroxyl groups excluding tert-OH is 1. The Morgan fingerprint density at radius 1 is 1.40 bits per heavy atom. The number of halogens is 5. The Morgan fingerprint density at radius 2 is 2.00 bits per heavy atom. The molecule has 0 spiro atoms. The molecule has 84 valence electrons. The van der Waals surface area contributed by atoms with Gasteiger partial charge in [-0.2, -0.15) is 8.78 Å². The van der Waals surface area contributed by atoms with Gasteiger partial charge in [0.15, 0.2) is 0 Å². The molecule has 0 saturated carbocycles. The molecule has 1 nitrogen and oxygen atoms in total. The van der Waals surface area contributed by atoms with Crippen LogP contribution in [0.4, 0.5) is 13.2 Å². The van der Waals surface area contributed by atoms with Crippen LogP contribution in [0.3, 0.4) is 0 Å². The lowest BCUT2D eigenvalue weighted by atomic mass is 10.1. The summed E-state index contributed by atoms with van der Waals surface area (Å²) in [6, 6.07) is 3.55. The summed E-state index contributed by atoms with van der Waals surface area (Å²) in [6.07, 6.45) is -2.50. The zero-order valence-corrected chi connectivity index (χ0v) is 8.87. The van der Waals surface area contributed by atoms with Crippen LogP contribution < -0.4 is 0 Å². The van der Waals surface area contributed by atoms with Gasteiger partial charge in [-0.1, -0.05) is 17.7 Å². The fraction of sp³-hybridized carbons (Fsp3) is 0.333. The molecule has 1 aromatic rings. The predicted octanol–water partition coefficient (Wildman–Crippen LogP) is 3.21. The molecule has 1 atom stereocenters. The molecule has 1 N–H and O–H groups in total. The van der Waals surface area contributed by atoms with Crippen LogP contribution in [0.1, 0.15) is 5.56 Å². The first-order valence-electron chi connectivity index (χ1n) is 3.99. The molecule has 0 aliphatic rings. The lowest BCUT2D eigenvalue weighted by molar-refractivity contribution is -0.0397. The molecular formula is C9H7Cl2F3O. The van der Waals surface area contributed by atoms with Crippen molar-refractivity contribution >= 4 is 23.2 Å². The van der Waals surface area contributed by atoms with Gasteiger partial charge in [0.2, 0.25) is 0 Å². The van der Waals surface area contributed by atoms with Crippen molar-refractivity contribution in [3.63, 3.8) is 0 Å². The highest BCUT2D eigenvalue weighted by molar-refractivity contribution is 6.30. The molecule has 15 heavy (non-hydrogen) atoms. The van der Waals surface area contributed by atoms with Gasteiger partial charge in [-0.25, -0.2) is 4.39 Å². The second-order valence-electron chi connectivity index (χ2n) is 3.01. The Labute approximate surface area is 94.4 Å². The molecule has 0 radical (unpaired) electrons. The van der Waals surface area contributed by atoms with Gasteiger partial charge < -0.3 is 5.11 Å². The van der Waals surface area contributed by atoms with E-state index in [0.717, 1.165) is 6.07 Å². The van der Waals surface area contributed by atoms with Crippen LogP contribution in [-0.4, -0.2) is 16.6 Å². The fourth-order valence-electron chi connectivity index (χ4n) is 1.01. The second kappa shape index (κ2) is 4.60. The van der Waals surface area contributed by atoms with Gasteiger partial charge in [0.05, 0.1) is 5.02 Å². The summed E-state index contributed by atoms with van der Waals surface area (Å²) < 4.78 is 37.6. The summed E-state index contributed by atoms with van der Waals surface area (Å²) in [5.41, 5.74) is 0.199. The Morgan fingerprint density at radius 3 is 2.47 bits per heavy atom. The molecule has 0 saturated heterocycles. The van der Waals surface area contributed by atoms with Gasteiger partial charge in [0.25, 0.3) is 0 Å². The Balaban J connectivity index is 2.78. The van der Waals surface area contributed by atoms with E-state index in [1.165, 1.54) is 12.1 Å². The third-order valence-electron chi connectivity index (χ3n) is 1.79. The lowest BCUT2D eigenvalue weighted by Gasteiger charge is -2.15. The van der Waals surface area contributed by atoms with E-state index < -0.39 is 23.7 Å². The zero-order chi connectivity index (χ0) is 11.6. The summed E-state index contributed by atoms with van der Waals surface area (Å²) in [6.45, 7) is 0. The SMILES string of the molecule is OC(Cc1ccc(Cl)c(F)c1)C(F)(F)Cl. The predicted molar refractivity (Wildman–Crippen MR) is 51.9 cm³/mol. The average molecular weight is 259 g/mol. The summed E-state index contributed by atoms with van der Waals surface area (Å²) in [5.74, 6) is -0.723. The molecule has 0 aliphatic heterocycles. The zero-order valence-electron chi connectivity index (χ0n) is 7.35. The maximum Gasteiger partial charge on any atom is 0.347 e. The van der Waals surface area contributed by atoms with E-state index in [-0.39, 0.29) is 10.6 Å². The Kier molecular flexibility index (Phi) is 3.87. The van der Waals surface area contributed by atoms with Crippen LogP contribution in [0.2, 0.25) is 5.02 Å². The average Bonchev–Trinajstić information content (AvgIpc) is 2.10. The molecule has 0 bridgehead atoms. The third kappa shape index (κ3) is 3.55. The van der Waals surface area contributed by atoms with Gasteiger partial charge in [-0.15, -0.1) is 0 Å². The first-order chi connectivity index (χ1) is 6.80. The van der Waals surface area contributed by atoms with Crippen LogP contribution in [0.5, 0.6) is 0 Å². The van der Waals surface area contributed by atoms with Crippen molar-refractivity contribution in [2.75, 3.05) is 0 Å². The second-order valence-corrected chi connectivity index (χ2v) is 3.92. The van der Waals surface area contributed by atoms with E-state index in [0.29, 0.717) is 0 Å². The van der Waals surface area contributed by atoms with Crippen LogP contribution in [0, 0.1) is 5.82 Å². The maximum atomic E-state index is 12.9. The molecule has 1 unspecified atom stereocenters. The molecular weight excluding hydrogens is 252 g/mol. The van der Waals surface area contributed by atoms with Gasteiger partial charge in [-0.05, 0) is 29.3 Å². The van der Waals surface area contributed by atoms with E-state index in [1.807, 2.05) is 0 Å². The quantitative estimate of drug-likeness (QED) is 0.826. The van der Waals surface area contributed by atoms with Crippen molar-refractivity contribution < 1.29 is 18.3 Å². The monoisotopic (exact) mass is 258 g/mol.